The average molecular weight is 264 g/mol. The molecule has 1 unspecified atom stereocenters. The average Bonchev–Trinajstić information content (AvgIpc) is 3.22. The Morgan fingerprint density at radius 3 is 2.42 bits per heavy atom. The van der Waals surface area contributed by atoms with Crippen molar-refractivity contribution in [2.24, 2.45) is 0 Å². The first kappa shape index (κ1) is 14.2. The Hall–Kier alpha value is -1.26. The fourth-order valence-electron chi connectivity index (χ4n) is 2.22. The number of methoxy groups -OCH3 is 2. The number of nitrogens with zero attached hydrogens (tertiary/aromatic N) is 1. The van der Waals surface area contributed by atoms with E-state index in [-0.39, 0.29) is 0 Å². The summed E-state index contributed by atoms with van der Waals surface area (Å²) in [5, 5.41) is 3.59. The molecular formula is C15H24N2O2. The lowest BCUT2D eigenvalue weighted by Gasteiger charge is -2.26. The van der Waals surface area contributed by atoms with Gasteiger partial charge in [-0.3, -0.25) is 0 Å². The Morgan fingerprint density at radius 2 is 1.89 bits per heavy atom. The van der Waals surface area contributed by atoms with Crippen LogP contribution in [0.4, 0.5) is 0 Å². The molecule has 0 aliphatic heterocycles. The third-order valence-electron chi connectivity index (χ3n) is 3.59. The first-order valence-electron chi connectivity index (χ1n) is 6.77. The van der Waals surface area contributed by atoms with Gasteiger partial charge in [-0.2, -0.15) is 0 Å². The number of ether oxygens (including phenoxy) is 2. The van der Waals surface area contributed by atoms with Gasteiger partial charge in [0.15, 0.2) is 11.5 Å². The molecule has 0 saturated heterocycles. The Bertz CT molecular complexity index is 417. The van der Waals surface area contributed by atoms with Gasteiger partial charge in [-0.15, -0.1) is 0 Å². The fraction of sp³-hybridized carbons (Fsp3) is 0.600. The van der Waals surface area contributed by atoms with Crippen LogP contribution in [0.15, 0.2) is 18.2 Å². The molecule has 4 nitrogen and oxygen atoms in total. The predicted octanol–water partition coefficient (Wildman–Crippen LogP) is 2.06. The standard InChI is InChI=1S/C15H24N2O2/c1-17(2)13(10-16-12-6-7-12)11-5-8-14(18-3)15(9-11)19-4/h5,8-9,12-13,16H,6-7,10H2,1-4H3. The van der Waals surface area contributed by atoms with Gasteiger partial charge < -0.3 is 19.7 Å². The van der Waals surface area contributed by atoms with Crippen molar-refractivity contribution in [3.8, 4) is 11.5 Å². The molecule has 1 N–H and O–H groups in total. The van der Waals surface area contributed by atoms with Crippen molar-refractivity contribution in [2.45, 2.75) is 24.9 Å². The minimum Gasteiger partial charge on any atom is -0.493 e. The maximum absolute atomic E-state index is 5.38. The highest BCUT2D eigenvalue weighted by atomic mass is 16.5. The van der Waals surface area contributed by atoms with Crippen LogP contribution in [-0.2, 0) is 0 Å². The van der Waals surface area contributed by atoms with E-state index in [1.165, 1.54) is 18.4 Å². The molecule has 0 bridgehead atoms. The van der Waals surface area contributed by atoms with Crippen molar-refractivity contribution in [2.75, 3.05) is 34.9 Å². The van der Waals surface area contributed by atoms with Crippen molar-refractivity contribution in [3.63, 3.8) is 0 Å². The number of likely N-dealkylation sites (N-methyl/N-ethyl adjacent to an activating group) is 1. The maximum Gasteiger partial charge on any atom is 0.161 e. The first-order valence-corrected chi connectivity index (χ1v) is 6.77. The number of benzene rings is 1. The minimum absolute atomic E-state index is 0.348. The van der Waals surface area contributed by atoms with Gasteiger partial charge in [-0.05, 0) is 44.6 Å². The molecule has 1 aromatic carbocycles. The Balaban J connectivity index is 2.14. The SMILES string of the molecule is COc1ccc(C(CNC2CC2)N(C)C)cc1OC. The van der Waals surface area contributed by atoms with Gasteiger partial charge in [0.2, 0.25) is 0 Å². The molecule has 1 atom stereocenters. The molecule has 1 saturated carbocycles. The van der Waals surface area contributed by atoms with Crippen LogP contribution in [0.3, 0.4) is 0 Å². The third-order valence-corrected chi connectivity index (χ3v) is 3.59. The van der Waals surface area contributed by atoms with E-state index in [2.05, 4.69) is 36.4 Å². The maximum atomic E-state index is 5.38. The highest BCUT2D eigenvalue weighted by Gasteiger charge is 2.23. The monoisotopic (exact) mass is 264 g/mol. The molecular weight excluding hydrogens is 240 g/mol. The van der Waals surface area contributed by atoms with Gasteiger partial charge in [0.1, 0.15) is 0 Å². The van der Waals surface area contributed by atoms with Crippen LogP contribution in [0.1, 0.15) is 24.4 Å². The zero-order chi connectivity index (χ0) is 13.8. The zero-order valence-electron chi connectivity index (χ0n) is 12.3. The van der Waals surface area contributed by atoms with Crippen LogP contribution in [0, 0.1) is 0 Å². The van der Waals surface area contributed by atoms with Gasteiger partial charge in [0.05, 0.1) is 14.2 Å². The zero-order valence-corrected chi connectivity index (χ0v) is 12.3. The largest absolute Gasteiger partial charge is 0.493 e. The highest BCUT2D eigenvalue weighted by Crippen LogP contribution is 2.31. The highest BCUT2D eigenvalue weighted by molar-refractivity contribution is 5.43. The predicted molar refractivity (Wildman–Crippen MR) is 77.0 cm³/mol. The number of hydrogen-bond donors (Lipinski definition) is 1. The summed E-state index contributed by atoms with van der Waals surface area (Å²) in [6, 6.07) is 7.23. The minimum atomic E-state index is 0.348. The topological polar surface area (TPSA) is 33.7 Å². The summed E-state index contributed by atoms with van der Waals surface area (Å²) in [6.07, 6.45) is 2.62. The van der Waals surface area contributed by atoms with Crippen LogP contribution in [0.25, 0.3) is 0 Å². The second kappa shape index (κ2) is 6.26. The van der Waals surface area contributed by atoms with E-state index in [9.17, 15) is 0 Å². The van der Waals surface area contributed by atoms with Gasteiger partial charge in [0.25, 0.3) is 0 Å². The molecule has 106 valence electrons. The molecule has 0 radical (unpaired) electrons. The van der Waals surface area contributed by atoms with Gasteiger partial charge in [-0.25, -0.2) is 0 Å². The number of hydrogen-bond acceptors (Lipinski definition) is 4. The molecule has 1 aliphatic carbocycles. The summed E-state index contributed by atoms with van der Waals surface area (Å²) in [7, 11) is 7.55. The lowest BCUT2D eigenvalue weighted by molar-refractivity contribution is 0.286. The molecule has 1 fully saturated rings. The molecule has 1 aromatic rings. The summed E-state index contributed by atoms with van der Waals surface area (Å²) in [5.41, 5.74) is 1.25. The van der Waals surface area contributed by atoms with Crippen LogP contribution in [-0.4, -0.2) is 45.8 Å². The van der Waals surface area contributed by atoms with Crippen LogP contribution in [0.5, 0.6) is 11.5 Å². The molecule has 0 amide bonds. The van der Waals surface area contributed by atoms with Crippen molar-refractivity contribution in [3.05, 3.63) is 23.8 Å². The summed E-state index contributed by atoms with van der Waals surface area (Å²) < 4.78 is 10.7. The van der Waals surface area contributed by atoms with Crippen LogP contribution >= 0.6 is 0 Å². The molecule has 0 heterocycles. The number of nitrogens with one attached hydrogen (secondary N) is 1. The van der Waals surface area contributed by atoms with Gasteiger partial charge >= 0.3 is 0 Å². The second-order valence-corrected chi connectivity index (χ2v) is 5.28. The quantitative estimate of drug-likeness (QED) is 0.817. The van der Waals surface area contributed by atoms with Gasteiger partial charge in [0, 0.05) is 18.6 Å². The van der Waals surface area contributed by atoms with E-state index in [4.69, 9.17) is 9.47 Å². The summed E-state index contributed by atoms with van der Waals surface area (Å²) in [5.74, 6) is 1.57. The molecule has 4 heteroatoms. The third kappa shape index (κ3) is 3.61. The van der Waals surface area contributed by atoms with Crippen molar-refractivity contribution in [1.29, 1.82) is 0 Å². The first-order chi connectivity index (χ1) is 9.15. The lowest BCUT2D eigenvalue weighted by atomic mass is 10.1. The Morgan fingerprint density at radius 1 is 1.21 bits per heavy atom. The fourth-order valence-corrected chi connectivity index (χ4v) is 2.22. The van der Waals surface area contributed by atoms with Crippen molar-refractivity contribution >= 4 is 0 Å². The van der Waals surface area contributed by atoms with E-state index in [1.54, 1.807) is 14.2 Å². The van der Waals surface area contributed by atoms with E-state index in [0.29, 0.717) is 6.04 Å². The second-order valence-electron chi connectivity index (χ2n) is 5.28. The molecule has 19 heavy (non-hydrogen) atoms. The van der Waals surface area contributed by atoms with Crippen molar-refractivity contribution < 1.29 is 9.47 Å². The molecule has 0 aromatic heterocycles. The summed E-state index contributed by atoms with van der Waals surface area (Å²) in [6.45, 7) is 0.965. The summed E-state index contributed by atoms with van der Waals surface area (Å²) >= 11 is 0. The molecule has 1 aliphatic rings. The van der Waals surface area contributed by atoms with E-state index in [1.807, 2.05) is 6.07 Å². The molecule has 0 spiro atoms. The van der Waals surface area contributed by atoms with E-state index < -0.39 is 0 Å². The van der Waals surface area contributed by atoms with Crippen LogP contribution in [0.2, 0.25) is 0 Å². The molecule has 2 rings (SSSR count). The lowest BCUT2D eigenvalue weighted by Crippen LogP contribution is -2.32. The Labute approximate surface area is 115 Å². The smallest absolute Gasteiger partial charge is 0.161 e. The van der Waals surface area contributed by atoms with Crippen molar-refractivity contribution in [1.82, 2.24) is 10.2 Å². The Kier molecular flexibility index (Phi) is 4.66. The van der Waals surface area contributed by atoms with Crippen LogP contribution < -0.4 is 14.8 Å². The van der Waals surface area contributed by atoms with Gasteiger partial charge in [-0.1, -0.05) is 6.07 Å². The van der Waals surface area contributed by atoms with E-state index >= 15 is 0 Å². The number of rotatable bonds is 7. The normalized spacial score (nSPS) is 16.5. The summed E-state index contributed by atoms with van der Waals surface area (Å²) in [4.78, 5) is 2.23. The van der Waals surface area contributed by atoms with E-state index in [0.717, 1.165) is 24.1 Å².